The average Bonchev–Trinajstić information content (AvgIpc) is 2.67. The third-order valence-electron chi connectivity index (χ3n) is 6.52. The average molecular weight is 294 g/mol. The van der Waals surface area contributed by atoms with E-state index in [-0.39, 0.29) is 16.9 Å². The smallest absolute Gasteiger partial charge is 0.410 e. The van der Waals surface area contributed by atoms with Gasteiger partial charge in [-0.1, -0.05) is 20.8 Å². The van der Waals surface area contributed by atoms with Crippen LogP contribution >= 0.6 is 0 Å². The molecule has 21 heavy (non-hydrogen) atoms. The molecule has 0 aromatic rings. The van der Waals surface area contributed by atoms with Crippen LogP contribution in [0.4, 0.5) is 4.79 Å². The number of hydrogen-bond donors (Lipinski definition) is 1. The van der Waals surface area contributed by atoms with E-state index in [2.05, 4.69) is 26.1 Å². The van der Waals surface area contributed by atoms with Crippen molar-refractivity contribution in [2.75, 3.05) is 13.1 Å². The summed E-state index contributed by atoms with van der Waals surface area (Å²) in [7, 11) is 0. The van der Waals surface area contributed by atoms with Crippen molar-refractivity contribution in [3.63, 3.8) is 0 Å². The minimum absolute atomic E-state index is 0.133. The lowest BCUT2D eigenvalue weighted by atomic mass is 9.69. The van der Waals surface area contributed by atoms with Gasteiger partial charge < -0.3 is 15.0 Å². The van der Waals surface area contributed by atoms with Crippen LogP contribution in [0.1, 0.15) is 54.4 Å². The minimum atomic E-state index is -0.422. The molecule has 1 heterocycles. The van der Waals surface area contributed by atoms with Gasteiger partial charge in [0.1, 0.15) is 5.60 Å². The minimum Gasteiger partial charge on any atom is -0.444 e. The van der Waals surface area contributed by atoms with E-state index < -0.39 is 5.60 Å². The van der Waals surface area contributed by atoms with Gasteiger partial charge in [0.05, 0.1) is 6.04 Å². The van der Waals surface area contributed by atoms with Crippen LogP contribution in [0.5, 0.6) is 0 Å². The molecule has 4 atom stereocenters. The van der Waals surface area contributed by atoms with Gasteiger partial charge in [0.25, 0.3) is 0 Å². The molecule has 1 aliphatic heterocycles. The van der Waals surface area contributed by atoms with E-state index in [0.29, 0.717) is 18.0 Å². The largest absolute Gasteiger partial charge is 0.444 e. The topological polar surface area (TPSA) is 41.6 Å². The maximum atomic E-state index is 12.6. The molecule has 0 aromatic carbocycles. The van der Waals surface area contributed by atoms with Crippen LogP contribution in [0.15, 0.2) is 0 Å². The maximum absolute atomic E-state index is 12.6. The van der Waals surface area contributed by atoms with Crippen molar-refractivity contribution in [3.05, 3.63) is 0 Å². The molecular weight excluding hydrogens is 264 g/mol. The van der Waals surface area contributed by atoms with Gasteiger partial charge in [0, 0.05) is 19.1 Å². The number of piperazine rings is 1. The summed E-state index contributed by atoms with van der Waals surface area (Å²) in [6.07, 6.45) is 2.36. The Kier molecular flexibility index (Phi) is 3.15. The second-order valence-electron chi connectivity index (χ2n) is 8.88. The zero-order valence-corrected chi connectivity index (χ0v) is 14.3. The molecule has 0 spiro atoms. The monoisotopic (exact) mass is 294 g/mol. The third-order valence-corrected chi connectivity index (χ3v) is 6.52. The first-order valence-electron chi connectivity index (χ1n) is 8.31. The number of ether oxygens (including phenoxy) is 1. The lowest BCUT2D eigenvalue weighted by molar-refractivity contribution is -0.00679. The maximum Gasteiger partial charge on any atom is 0.410 e. The van der Waals surface area contributed by atoms with E-state index in [0.717, 1.165) is 13.1 Å². The Hall–Kier alpha value is -0.770. The van der Waals surface area contributed by atoms with Crippen LogP contribution in [0.2, 0.25) is 0 Å². The van der Waals surface area contributed by atoms with Crippen molar-refractivity contribution < 1.29 is 9.53 Å². The number of carbonyl (C=O) groups excluding carboxylic acids is 1. The molecule has 0 aromatic heterocycles. The lowest BCUT2D eigenvalue weighted by Gasteiger charge is -2.47. The first-order chi connectivity index (χ1) is 9.58. The molecule has 3 fully saturated rings. The number of amides is 1. The van der Waals surface area contributed by atoms with E-state index in [1.54, 1.807) is 0 Å². The third kappa shape index (κ3) is 2.01. The van der Waals surface area contributed by atoms with Gasteiger partial charge >= 0.3 is 6.09 Å². The zero-order valence-electron chi connectivity index (χ0n) is 14.3. The van der Waals surface area contributed by atoms with Crippen LogP contribution in [0.3, 0.4) is 0 Å². The first-order valence-corrected chi connectivity index (χ1v) is 8.31. The van der Waals surface area contributed by atoms with E-state index in [4.69, 9.17) is 4.74 Å². The summed E-state index contributed by atoms with van der Waals surface area (Å²) < 4.78 is 5.65. The van der Waals surface area contributed by atoms with Crippen molar-refractivity contribution in [2.45, 2.75) is 72.1 Å². The molecule has 0 unspecified atom stereocenters. The molecule has 0 radical (unpaired) electrons. The molecule has 120 valence electrons. The van der Waals surface area contributed by atoms with Crippen molar-refractivity contribution >= 4 is 6.09 Å². The van der Waals surface area contributed by atoms with Crippen molar-refractivity contribution in [2.24, 2.45) is 16.7 Å². The molecule has 2 saturated carbocycles. The predicted octanol–water partition coefficient (Wildman–Crippen LogP) is 3.02. The second kappa shape index (κ2) is 4.37. The highest BCUT2D eigenvalue weighted by Crippen LogP contribution is 2.66. The summed E-state index contributed by atoms with van der Waals surface area (Å²) in [5, 5.41) is 3.71. The Morgan fingerprint density at radius 2 is 1.95 bits per heavy atom. The number of nitrogens with zero attached hydrogens (tertiary/aromatic N) is 1. The Morgan fingerprint density at radius 1 is 1.29 bits per heavy atom. The molecular formula is C17H30N2O2. The van der Waals surface area contributed by atoms with Gasteiger partial charge in [0.15, 0.2) is 0 Å². The fourth-order valence-electron chi connectivity index (χ4n) is 5.09. The number of rotatable bonds is 0. The summed E-state index contributed by atoms with van der Waals surface area (Å²) >= 11 is 0. The fraction of sp³-hybridized carbons (Fsp3) is 0.941. The number of carbonyl (C=O) groups is 1. The van der Waals surface area contributed by atoms with Gasteiger partial charge in [0.2, 0.25) is 0 Å². The van der Waals surface area contributed by atoms with E-state index in [1.165, 1.54) is 12.8 Å². The van der Waals surface area contributed by atoms with Gasteiger partial charge in [-0.15, -0.1) is 0 Å². The SMILES string of the molecule is CC(C)(C)OC(=O)N1CCN[C@@H]2[C@H]1[C@H]1CC[C@]2(C)C1(C)C. The molecule has 1 saturated heterocycles. The molecule has 3 rings (SSSR count). The van der Waals surface area contributed by atoms with Gasteiger partial charge in [-0.3, -0.25) is 0 Å². The molecule has 3 aliphatic rings. The second-order valence-corrected chi connectivity index (χ2v) is 8.88. The van der Waals surface area contributed by atoms with E-state index in [1.807, 2.05) is 25.7 Å². The standard InChI is InChI=1S/C17H30N2O2/c1-15(2,3)21-14(20)19-10-9-18-13-12(19)11-7-8-17(13,6)16(11,4)5/h11-13,18H,7-10H2,1-6H3/t11-,12-,13-,17+/m1/s1. The molecule has 4 heteroatoms. The molecule has 1 N–H and O–H groups in total. The quantitative estimate of drug-likeness (QED) is 0.746. The first kappa shape index (κ1) is 15.1. The van der Waals surface area contributed by atoms with Crippen LogP contribution in [-0.4, -0.2) is 41.8 Å². The van der Waals surface area contributed by atoms with Crippen LogP contribution < -0.4 is 5.32 Å². The number of hydrogen-bond acceptors (Lipinski definition) is 3. The Labute approximate surface area is 128 Å². The summed E-state index contributed by atoms with van der Waals surface area (Å²) in [5.74, 6) is 0.577. The van der Waals surface area contributed by atoms with Crippen molar-refractivity contribution in [3.8, 4) is 0 Å². The summed E-state index contributed by atoms with van der Waals surface area (Å²) in [5.41, 5.74) is 0.136. The van der Waals surface area contributed by atoms with Gasteiger partial charge in [-0.05, 0) is 50.4 Å². The highest BCUT2D eigenvalue weighted by Gasteiger charge is 2.68. The van der Waals surface area contributed by atoms with Gasteiger partial charge in [-0.2, -0.15) is 0 Å². The van der Waals surface area contributed by atoms with Gasteiger partial charge in [-0.25, -0.2) is 4.79 Å². The molecule has 4 nitrogen and oxygen atoms in total. The molecule has 1 amide bonds. The van der Waals surface area contributed by atoms with Crippen molar-refractivity contribution in [1.82, 2.24) is 10.2 Å². The summed E-state index contributed by atoms with van der Waals surface area (Å²) in [6.45, 7) is 14.6. The summed E-state index contributed by atoms with van der Waals surface area (Å²) in [4.78, 5) is 14.6. The number of nitrogens with one attached hydrogen (secondary N) is 1. The van der Waals surface area contributed by atoms with Crippen LogP contribution in [0, 0.1) is 16.7 Å². The molecule has 2 bridgehead atoms. The summed E-state index contributed by atoms with van der Waals surface area (Å²) in [6, 6.07) is 0.704. The normalized spacial score (nSPS) is 41.0. The Balaban J connectivity index is 1.88. The predicted molar refractivity (Wildman–Crippen MR) is 83.1 cm³/mol. The van der Waals surface area contributed by atoms with E-state index >= 15 is 0 Å². The number of fused-ring (bicyclic) bond motifs is 5. The highest BCUT2D eigenvalue weighted by atomic mass is 16.6. The Morgan fingerprint density at radius 3 is 2.57 bits per heavy atom. The highest BCUT2D eigenvalue weighted by molar-refractivity contribution is 5.69. The van der Waals surface area contributed by atoms with Crippen LogP contribution in [-0.2, 0) is 4.74 Å². The zero-order chi connectivity index (χ0) is 15.6. The fourth-order valence-corrected chi connectivity index (χ4v) is 5.09. The molecule has 2 aliphatic carbocycles. The van der Waals surface area contributed by atoms with Crippen molar-refractivity contribution in [1.29, 1.82) is 0 Å². The van der Waals surface area contributed by atoms with E-state index in [9.17, 15) is 4.79 Å². The van der Waals surface area contributed by atoms with Crippen LogP contribution in [0.25, 0.3) is 0 Å². The Bertz CT molecular complexity index is 454. The lowest BCUT2D eigenvalue weighted by Crippen LogP contribution is -2.64.